The third-order valence-corrected chi connectivity index (χ3v) is 7.03. The number of hydrogen-bond acceptors (Lipinski definition) is 4. The molecule has 7 nitrogen and oxygen atoms in total. The molecule has 2 heterocycles. The SMILES string of the molecule is N#CC(=C1CCN(C(=O)N2CCC(S(N)(=O)=O)CC2)CC1)c1cccc(Cl)c1. The second kappa shape index (κ2) is 8.52. The van der Waals surface area contributed by atoms with Gasteiger partial charge in [0.15, 0.2) is 0 Å². The van der Waals surface area contributed by atoms with Crippen LogP contribution in [0.2, 0.25) is 5.02 Å². The lowest BCUT2D eigenvalue weighted by atomic mass is 9.94. The zero-order chi connectivity index (χ0) is 20.3. The summed E-state index contributed by atoms with van der Waals surface area (Å²) in [5.41, 5.74) is 2.46. The van der Waals surface area contributed by atoms with E-state index in [1.165, 1.54) is 0 Å². The smallest absolute Gasteiger partial charge is 0.320 e. The first-order valence-electron chi connectivity index (χ1n) is 9.23. The van der Waals surface area contributed by atoms with Gasteiger partial charge in [-0.05, 0) is 49.0 Å². The second-order valence-corrected chi connectivity index (χ2v) is 9.43. The number of piperidine rings is 2. The van der Waals surface area contributed by atoms with Crippen molar-refractivity contribution in [2.45, 2.75) is 30.9 Å². The number of hydrogen-bond donors (Lipinski definition) is 1. The van der Waals surface area contributed by atoms with Gasteiger partial charge in [-0.25, -0.2) is 18.4 Å². The van der Waals surface area contributed by atoms with Gasteiger partial charge < -0.3 is 9.80 Å². The fraction of sp³-hybridized carbons (Fsp3) is 0.474. The van der Waals surface area contributed by atoms with Gasteiger partial charge in [0.1, 0.15) is 0 Å². The predicted octanol–water partition coefficient (Wildman–Crippen LogP) is 2.59. The van der Waals surface area contributed by atoms with Gasteiger partial charge in [0, 0.05) is 31.2 Å². The van der Waals surface area contributed by atoms with Crippen LogP contribution >= 0.6 is 11.6 Å². The molecular weight excluding hydrogens is 400 g/mol. The maximum Gasteiger partial charge on any atom is 0.320 e. The molecule has 0 atom stereocenters. The number of nitriles is 1. The molecule has 28 heavy (non-hydrogen) atoms. The summed E-state index contributed by atoms with van der Waals surface area (Å²) in [5, 5.41) is 14.8. The third kappa shape index (κ3) is 4.66. The number of carbonyl (C=O) groups excluding carboxylic acids is 1. The summed E-state index contributed by atoms with van der Waals surface area (Å²) in [6.45, 7) is 1.86. The minimum Gasteiger partial charge on any atom is -0.325 e. The summed E-state index contributed by atoms with van der Waals surface area (Å²) in [6.07, 6.45) is 2.01. The van der Waals surface area contributed by atoms with Crippen molar-refractivity contribution in [1.29, 1.82) is 5.26 Å². The summed E-state index contributed by atoms with van der Waals surface area (Å²) in [6, 6.07) is 9.44. The first kappa shape index (κ1) is 20.6. The maximum atomic E-state index is 12.7. The molecule has 0 unspecified atom stereocenters. The summed E-state index contributed by atoms with van der Waals surface area (Å²) >= 11 is 6.04. The van der Waals surface area contributed by atoms with Crippen LogP contribution in [0, 0.1) is 11.3 Å². The van der Waals surface area contributed by atoms with Crippen LogP contribution in [0.4, 0.5) is 4.79 Å². The van der Waals surface area contributed by atoms with E-state index in [-0.39, 0.29) is 6.03 Å². The Morgan fingerprint density at radius 2 is 1.75 bits per heavy atom. The zero-order valence-corrected chi connectivity index (χ0v) is 17.0. The summed E-state index contributed by atoms with van der Waals surface area (Å²) in [5.74, 6) is 0. The van der Waals surface area contributed by atoms with Gasteiger partial charge in [-0.1, -0.05) is 23.7 Å². The van der Waals surface area contributed by atoms with Gasteiger partial charge in [-0.15, -0.1) is 0 Å². The lowest BCUT2D eigenvalue weighted by Gasteiger charge is -2.37. The fourth-order valence-corrected chi connectivity index (χ4v) is 4.84. The average Bonchev–Trinajstić information content (AvgIpc) is 2.68. The summed E-state index contributed by atoms with van der Waals surface area (Å²) in [7, 11) is -3.55. The quantitative estimate of drug-likeness (QED) is 0.739. The van der Waals surface area contributed by atoms with Crippen molar-refractivity contribution >= 4 is 33.2 Å². The predicted molar refractivity (Wildman–Crippen MR) is 108 cm³/mol. The molecule has 150 valence electrons. The van der Waals surface area contributed by atoms with E-state index in [4.69, 9.17) is 16.7 Å². The average molecular weight is 423 g/mol. The number of urea groups is 1. The van der Waals surface area contributed by atoms with E-state index in [1.54, 1.807) is 21.9 Å². The number of carbonyl (C=O) groups is 1. The molecule has 0 spiro atoms. The molecule has 2 N–H and O–H groups in total. The molecule has 0 aliphatic carbocycles. The molecule has 2 aliphatic rings. The van der Waals surface area contributed by atoms with Crippen molar-refractivity contribution in [2.24, 2.45) is 5.14 Å². The highest BCUT2D eigenvalue weighted by Gasteiger charge is 2.32. The lowest BCUT2D eigenvalue weighted by molar-refractivity contribution is 0.140. The Morgan fingerprint density at radius 3 is 2.29 bits per heavy atom. The molecule has 0 bridgehead atoms. The Balaban J connectivity index is 1.62. The second-order valence-electron chi connectivity index (χ2n) is 7.15. The van der Waals surface area contributed by atoms with Gasteiger partial charge >= 0.3 is 6.03 Å². The van der Waals surface area contributed by atoms with E-state index in [0.717, 1.165) is 11.1 Å². The van der Waals surface area contributed by atoms with E-state index < -0.39 is 15.3 Å². The summed E-state index contributed by atoms with van der Waals surface area (Å²) in [4.78, 5) is 16.2. The number of allylic oxidation sites excluding steroid dienone is 1. The van der Waals surface area contributed by atoms with Gasteiger partial charge in [0.25, 0.3) is 0 Å². The molecule has 9 heteroatoms. The van der Waals surface area contributed by atoms with Crippen molar-refractivity contribution in [2.75, 3.05) is 26.2 Å². The number of halogens is 1. The number of benzene rings is 1. The van der Waals surface area contributed by atoms with E-state index >= 15 is 0 Å². The van der Waals surface area contributed by atoms with E-state index in [9.17, 15) is 18.5 Å². The Kier molecular flexibility index (Phi) is 6.28. The monoisotopic (exact) mass is 422 g/mol. The van der Waals surface area contributed by atoms with Gasteiger partial charge in [-0.3, -0.25) is 0 Å². The Bertz CT molecular complexity index is 921. The molecular formula is C19H23ClN4O3S. The van der Waals surface area contributed by atoms with Gasteiger partial charge in [0.05, 0.1) is 16.9 Å². The Hall–Kier alpha value is -2.08. The van der Waals surface area contributed by atoms with Crippen LogP contribution in [-0.2, 0) is 10.0 Å². The number of nitrogens with two attached hydrogens (primary N) is 1. The van der Waals surface area contributed by atoms with Crippen molar-refractivity contribution in [3.8, 4) is 6.07 Å². The van der Waals surface area contributed by atoms with E-state index in [2.05, 4.69) is 6.07 Å². The number of likely N-dealkylation sites (tertiary alicyclic amines) is 2. The highest BCUT2D eigenvalue weighted by Crippen LogP contribution is 2.28. The molecule has 2 aliphatic heterocycles. The first-order chi connectivity index (χ1) is 13.3. The molecule has 1 aromatic carbocycles. The molecule has 2 fully saturated rings. The molecule has 2 amide bonds. The molecule has 1 aromatic rings. The number of sulfonamides is 1. The number of primary sulfonamides is 1. The van der Waals surface area contributed by atoms with Gasteiger partial charge in [-0.2, -0.15) is 5.26 Å². The first-order valence-corrected chi connectivity index (χ1v) is 11.2. The van der Waals surface area contributed by atoms with Crippen molar-refractivity contribution < 1.29 is 13.2 Å². The normalized spacial score (nSPS) is 18.7. The van der Waals surface area contributed by atoms with Crippen LogP contribution in [0.1, 0.15) is 31.2 Å². The van der Waals surface area contributed by atoms with Crippen molar-refractivity contribution in [1.82, 2.24) is 9.80 Å². The zero-order valence-electron chi connectivity index (χ0n) is 15.5. The van der Waals surface area contributed by atoms with Crippen LogP contribution in [-0.4, -0.2) is 55.7 Å². The van der Waals surface area contributed by atoms with Crippen LogP contribution < -0.4 is 5.14 Å². The van der Waals surface area contributed by atoms with Crippen LogP contribution in [0.3, 0.4) is 0 Å². The minimum absolute atomic E-state index is 0.0758. The van der Waals surface area contributed by atoms with Crippen LogP contribution in [0.25, 0.3) is 5.57 Å². The van der Waals surface area contributed by atoms with Gasteiger partial charge in [0.2, 0.25) is 10.0 Å². The standard InChI is InChI=1S/C19H23ClN4O3S/c20-16-3-1-2-15(12-16)18(13-21)14-4-8-23(9-5-14)19(25)24-10-6-17(7-11-24)28(22,26)27/h1-3,12,17H,4-11H2,(H2,22,26,27). The fourth-order valence-electron chi connectivity index (χ4n) is 3.79. The Labute approximate surface area is 170 Å². The minimum atomic E-state index is -3.55. The molecule has 0 radical (unpaired) electrons. The van der Waals surface area contributed by atoms with Crippen molar-refractivity contribution in [3.05, 3.63) is 40.4 Å². The molecule has 0 saturated carbocycles. The van der Waals surface area contributed by atoms with E-state index in [1.807, 2.05) is 12.1 Å². The lowest BCUT2D eigenvalue weighted by Crippen LogP contribution is -2.50. The summed E-state index contributed by atoms with van der Waals surface area (Å²) < 4.78 is 22.9. The third-order valence-electron chi connectivity index (χ3n) is 5.39. The van der Waals surface area contributed by atoms with Crippen molar-refractivity contribution in [3.63, 3.8) is 0 Å². The maximum absolute atomic E-state index is 12.7. The highest BCUT2D eigenvalue weighted by atomic mass is 35.5. The topological polar surface area (TPSA) is 108 Å². The van der Waals surface area contributed by atoms with Crippen LogP contribution in [0.15, 0.2) is 29.8 Å². The largest absolute Gasteiger partial charge is 0.325 e. The number of rotatable bonds is 2. The number of nitrogens with zero attached hydrogens (tertiary/aromatic N) is 3. The molecule has 0 aromatic heterocycles. The Morgan fingerprint density at radius 1 is 1.14 bits per heavy atom. The molecule has 3 rings (SSSR count). The molecule has 2 saturated heterocycles. The highest BCUT2D eigenvalue weighted by molar-refractivity contribution is 7.89. The number of amides is 2. The van der Waals surface area contributed by atoms with E-state index in [0.29, 0.717) is 62.5 Å². The van der Waals surface area contributed by atoms with Crippen LogP contribution in [0.5, 0.6) is 0 Å².